The summed E-state index contributed by atoms with van der Waals surface area (Å²) in [5.41, 5.74) is 1.51. The van der Waals surface area contributed by atoms with Gasteiger partial charge in [-0.05, 0) is 24.3 Å². The minimum atomic E-state index is -0.479. The standard InChI is InChI=1S/C18H18FN3O3/c19-14-3-1-13(2-4-14)11-21(16-9-10-16)12-18(23)20-15-5-7-17(8-6-15)22(24)25/h1-8,16H,9-12H2,(H,20,23)/p+1. The lowest BCUT2D eigenvalue weighted by Gasteiger charge is -2.19. The maximum Gasteiger partial charge on any atom is 0.279 e. The van der Waals surface area contributed by atoms with Crippen LogP contribution < -0.4 is 10.2 Å². The van der Waals surface area contributed by atoms with Crippen LogP contribution in [0.5, 0.6) is 0 Å². The van der Waals surface area contributed by atoms with Gasteiger partial charge >= 0.3 is 0 Å². The topological polar surface area (TPSA) is 76.7 Å². The molecule has 7 heteroatoms. The minimum Gasteiger partial charge on any atom is -0.321 e. The normalized spacial score (nSPS) is 14.8. The summed E-state index contributed by atoms with van der Waals surface area (Å²) >= 11 is 0. The second kappa shape index (κ2) is 7.40. The lowest BCUT2D eigenvalue weighted by atomic mass is 10.2. The lowest BCUT2D eigenvalue weighted by Crippen LogP contribution is -3.13. The summed E-state index contributed by atoms with van der Waals surface area (Å²) in [4.78, 5) is 23.6. The summed E-state index contributed by atoms with van der Waals surface area (Å²) in [6.45, 7) is 0.970. The molecule has 25 heavy (non-hydrogen) atoms. The number of anilines is 1. The number of amides is 1. The zero-order chi connectivity index (χ0) is 17.8. The second-order valence-electron chi connectivity index (χ2n) is 6.26. The van der Waals surface area contributed by atoms with E-state index in [1.165, 1.54) is 36.4 Å². The monoisotopic (exact) mass is 344 g/mol. The van der Waals surface area contributed by atoms with Crippen molar-refractivity contribution in [2.24, 2.45) is 0 Å². The Hall–Kier alpha value is -2.80. The van der Waals surface area contributed by atoms with Gasteiger partial charge in [-0.25, -0.2) is 4.39 Å². The van der Waals surface area contributed by atoms with E-state index >= 15 is 0 Å². The molecule has 2 N–H and O–H groups in total. The van der Waals surface area contributed by atoms with Gasteiger partial charge in [-0.2, -0.15) is 0 Å². The molecule has 0 aliphatic heterocycles. The summed E-state index contributed by atoms with van der Waals surface area (Å²) in [6, 6.07) is 12.6. The first-order chi connectivity index (χ1) is 12.0. The summed E-state index contributed by atoms with van der Waals surface area (Å²) in [5, 5.41) is 13.4. The minimum absolute atomic E-state index is 0.0143. The van der Waals surface area contributed by atoms with E-state index < -0.39 is 4.92 Å². The Morgan fingerprint density at radius 2 is 1.80 bits per heavy atom. The van der Waals surface area contributed by atoms with E-state index in [-0.39, 0.29) is 17.4 Å². The number of nitrogens with one attached hydrogen (secondary N) is 2. The van der Waals surface area contributed by atoms with E-state index in [0.29, 0.717) is 24.8 Å². The molecule has 0 spiro atoms. The summed E-state index contributed by atoms with van der Waals surface area (Å²) in [5.74, 6) is -0.412. The highest BCUT2D eigenvalue weighted by Gasteiger charge is 2.34. The number of quaternary nitrogens is 1. The van der Waals surface area contributed by atoms with Crippen LogP contribution >= 0.6 is 0 Å². The van der Waals surface area contributed by atoms with Crippen molar-refractivity contribution in [1.29, 1.82) is 0 Å². The Labute approximate surface area is 144 Å². The molecule has 1 atom stereocenters. The summed E-state index contributed by atoms with van der Waals surface area (Å²) in [6.07, 6.45) is 2.17. The van der Waals surface area contributed by atoms with Gasteiger partial charge in [0.1, 0.15) is 12.4 Å². The van der Waals surface area contributed by atoms with Crippen LogP contribution in [0.4, 0.5) is 15.8 Å². The molecule has 130 valence electrons. The molecule has 0 radical (unpaired) electrons. The molecule has 0 bridgehead atoms. The lowest BCUT2D eigenvalue weighted by molar-refractivity contribution is -0.916. The molecular weight excluding hydrogens is 325 g/mol. The first-order valence-electron chi connectivity index (χ1n) is 8.14. The molecule has 3 rings (SSSR count). The highest BCUT2D eigenvalue weighted by atomic mass is 19.1. The van der Waals surface area contributed by atoms with Gasteiger partial charge in [-0.15, -0.1) is 0 Å². The van der Waals surface area contributed by atoms with Gasteiger partial charge in [0.25, 0.3) is 11.6 Å². The molecule has 0 heterocycles. The number of benzene rings is 2. The highest BCUT2D eigenvalue weighted by molar-refractivity contribution is 5.91. The zero-order valence-corrected chi connectivity index (χ0v) is 13.6. The predicted molar refractivity (Wildman–Crippen MR) is 90.7 cm³/mol. The van der Waals surface area contributed by atoms with Gasteiger partial charge in [-0.1, -0.05) is 12.1 Å². The fourth-order valence-corrected chi connectivity index (χ4v) is 2.79. The van der Waals surface area contributed by atoms with Gasteiger partial charge in [0.05, 0.1) is 11.0 Å². The molecule has 2 aromatic carbocycles. The van der Waals surface area contributed by atoms with Crippen LogP contribution in [0, 0.1) is 15.9 Å². The van der Waals surface area contributed by atoms with Gasteiger partial charge < -0.3 is 10.2 Å². The fourth-order valence-electron chi connectivity index (χ4n) is 2.79. The number of nitro groups is 1. The molecule has 1 aliphatic carbocycles. The number of non-ortho nitro benzene ring substituents is 1. The summed E-state index contributed by atoms with van der Waals surface area (Å²) in [7, 11) is 0. The van der Waals surface area contributed by atoms with Crippen molar-refractivity contribution in [3.05, 3.63) is 70.0 Å². The van der Waals surface area contributed by atoms with Gasteiger partial charge in [-0.3, -0.25) is 14.9 Å². The van der Waals surface area contributed by atoms with E-state index in [4.69, 9.17) is 0 Å². The Balaban J connectivity index is 1.59. The van der Waals surface area contributed by atoms with Crippen LogP contribution in [0.2, 0.25) is 0 Å². The first-order valence-corrected chi connectivity index (χ1v) is 8.14. The highest BCUT2D eigenvalue weighted by Crippen LogP contribution is 2.17. The van der Waals surface area contributed by atoms with Crippen molar-refractivity contribution in [1.82, 2.24) is 0 Å². The van der Waals surface area contributed by atoms with Crippen molar-refractivity contribution in [3.63, 3.8) is 0 Å². The van der Waals surface area contributed by atoms with Gasteiger partial charge in [0, 0.05) is 36.2 Å². The van der Waals surface area contributed by atoms with Crippen LogP contribution in [0.1, 0.15) is 18.4 Å². The molecule has 6 nitrogen and oxygen atoms in total. The summed E-state index contributed by atoms with van der Waals surface area (Å²) < 4.78 is 13.0. The zero-order valence-electron chi connectivity index (χ0n) is 13.6. The van der Waals surface area contributed by atoms with Crippen LogP contribution in [0.3, 0.4) is 0 Å². The third-order valence-corrected chi connectivity index (χ3v) is 4.25. The predicted octanol–water partition coefficient (Wildman–Crippen LogP) is 1.92. The van der Waals surface area contributed by atoms with Crippen molar-refractivity contribution in [2.75, 3.05) is 11.9 Å². The molecule has 1 saturated carbocycles. The van der Waals surface area contributed by atoms with Crippen molar-refractivity contribution >= 4 is 17.3 Å². The smallest absolute Gasteiger partial charge is 0.279 e. The van der Waals surface area contributed by atoms with Crippen molar-refractivity contribution in [3.8, 4) is 0 Å². The largest absolute Gasteiger partial charge is 0.321 e. The average molecular weight is 344 g/mol. The molecule has 1 fully saturated rings. The first kappa shape index (κ1) is 17.0. The number of hydrogen-bond acceptors (Lipinski definition) is 3. The van der Waals surface area contributed by atoms with E-state index in [2.05, 4.69) is 5.32 Å². The van der Waals surface area contributed by atoms with E-state index in [0.717, 1.165) is 23.3 Å². The molecule has 1 unspecified atom stereocenters. The SMILES string of the molecule is O=C(C[NH+](Cc1ccc(F)cc1)C1CC1)Nc1ccc([N+](=O)[O-])cc1. The molecule has 0 saturated heterocycles. The van der Waals surface area contributed by atoms with Crippen LogP contribution in [0.25, 0.3) is 0 Å². The third-order valence-electron chi connectivity index (χ3n) is 4.25. The van der Waals surface area contributed by atoms with Crippen LogP contribution in [-0.4, -0.2) is 23.4 Å². The van der Waals surface area contributed by atoms with E-state index in [1.54, 1.807) is 12.1 Å². The Bertz CT molecular complexity index is 758. The van der Waals surface area contributed by atoms with E-state index in [1.807, 2.05) is 0 Å². The van der Waals surface area contributed by atoms with E-state index in [9.17, 15) is 19.3 Å². The molecule has 2 aromatic rings. The number of halogens is 1. The second-order valence-corrected chi connectivity index (χ2v) is 6.26. The number of rotatable bonds is 7. The molecule has 0 aromatic heterocycles. The Morgan fingerprint density at radius 1 is 1.16 bits per heavy atom. The van der Waals surface area contributed by atoms with Crippen LogP contribution in [-0.2, 0) is 11.3 Å². The Morgan fingerprint density at radius 3 is 2.36 bits per heavy atom. The number of hydrogen-bond donors (Lipinski definition) is 2. The third kappa shape index (κ3) is 4.84. The Kier molecular flexibility index (Phi) is 5.04. The van der Waals surface area contributed by atoms with Crippen LogP contribution in [0.15, 0.2) is 48.5 Å². The number of carbonyl (C=O) groups excluding carboxylic acids is 1. The van der Waals surface area contributed by atoms with Crippen molar-refractivity contribution in [2.45, 2.75) is 25.4 Å². The maximum absolute atomic E-state index is 13.0. The van der Waals surface area contributed by atoms with Gasteiger partial charge in [0.15, 0.2) is 6.54 Å². The van der Waals surface area contributed by atoms with Crippen molar-refractivity contribution < 1.29 is 19.0 Å². The quantitative estimate of drug-likeness (QED) is 0.595. The number of nitro benzene ring substituents is 1. The fraction of sp³-hybridized carbons (Fsp3) is 0.278. The van der Waals surface area contributed by atoms with Gasteiger partial charge in [0.2, 0.25) is 0 Å². The maximum atomic E-state index is 13.0. The number of carbonyl (C=O) groups is 1. The molecule has 1 amide bonds. The average Bonchev–Trinajstić information content (AvgIpc) is 3.41. The molecular formula is C18H19FN3O3+. The molecule has 1 aliphatic rings. The number of nitrogens with zero attached hydrogens (tertiary/aromatic N) is 1.